The highest BCUT2D eigenvalue weighted by Gasteiger charge is 2.27. The predicted molar refractivity (Wildman–Crippen MR) is 129 cm³/mol. The number of H-pyrrole nitrogens is 1. The van der Waals surface area contributed by atoms with Crippen LogP contribution < -0.4 is 15.5 Å². The fraction of sp³-hybridized carbons (Fsp3) is 0.280. The lowest BCUT2D eigenvalue weighted by Gasteiger charge is -2.33. The summed E-state index contributed by atoms with van der Waals surface area (Å²) in [6.07, 6.45) is 4.53. The van der Waals surface area contributed by atoms with E-state index in [2.05, 4.69) is 50.7 Å². The van der Waals surface area contributed by atoms with Gasteiger partial charge < -0.3 is 15.5 Å². The summed E-state index contributed by atoms with van der Waals surface area (Å²) in [4.78, 5) is 23.5. The van der Waals surface area contributed by atoms with Crippen molar-refractivity contribution in [1.82, 2.24) is 25.5 Å². The normalized spacial score (nSPS) is 14.6. The Bertz CT molecular complexity index is 1380. The van der Waals surface area contributed by atoms with Gasteiger partial charge in [-0.05, 0) is 41.0 Å². The molecule has 0 unspecified atom stereocenters. The van der Waals surface area contributed by atoms with Crippen LogP contribution in [0.15, 0.2) is 48.9 Å². The number of hydrogen-bond acceptors (Lipinski definition) is 6. The molecule has 0 saturated heterocycles. The van der Waals surface area contributed by atoms with Crippen LogP contribution in [0.25, 0.3) is 11.0 Å². The summed E-state index contributed by atoms with van der Waals surface area (Å²) in [5, 5.41) is 14.1. The molecule has 5 rings (SSSR count). The Morgan fingerprint density at radius 1 is 1.21 bits per heavy atom. The van der Waals surface area contributed by atoms with Crippen LogP contribution in [0, 0.1) is 5.82 Å². The van der Waals surface area contributed by atoms with Crippen LogP contribution in [0.4, 0.5) is 15.9 Å². The van der Waals surface area contributed by atoms with E-state index in [0.29, 0.717) is 23.7 Å². The third-order valence-corrected chi connectivity index (χ3v) is 6.27. The van der Waals surface area contributed by atoms with Crippen LogP contribution in [-0.4, -0.2) is 39.7 Å². The van der Waals surface area contributed by atoms with Gasteiger partial charge in [0.2, 0.25) is 0 Å². The Hall–Kier alpha value is -3.85. The minimum atomic E-state index is -0.570. The first-order valence-electron chi connectivity index (χ1n) is 11.1. The SMILES string of the molecule is CN(Cc1ccnc2[nH]ncc12)c1ncc(F)cc1C(=O)Nc1ccc2c(c1)CNCC2(C)C. The van der Waals surface area contributed by atoms with Crippen LogP contribution in [0.1, 0.15) is 40.9 Å². The number of amides is 1. The molecule has 3 aromatic heterocycles. The average molecular weight is 460 g/mol. The zero-order valence-electron chi connectivity index (χ0n) is 19.3. The second-order valence-electron chi connectivity index (χ2n) is 9.30. The van der Waals surface area contributed by atoms with Gasteiger partial charge in [0.25, 0.3) is 5.91 Å². The molecule has 4 heterocycles. The maximum Gasteiger partial charge on any atom is 0.259 e. The van der Waals surface area contributed by atoms with Crippen molar-refractivity contribution in [2.24, 2.45) is 0 Å². The molecule has 0 fully saturated rings. The van der Waals surface area contributed by atoms with E-state index in [0.717, 1.165) is 35.8 Å². The zero-order chi connectivity index (χ0) is 23.9. The smallest absolute Gasteiger partial charge is 0.259 e. The fourth-order valence-corrected chi connectivity index (χ4v) is 4.56. The summed E-state index contributed by atoms with van der Waals surface area (Å²) in [5.41, 5.74) is 4.90. The molecule has 1 aliphatic heterocycles. The van der Waals surface area contributed by atoms with Gasteiger partial charge in [0, 0.05) is 49.4 Å². The van der Waals surface area contributed by atoms with E-state index in [1.807, 2.05) is 30.1 Å². The first kappa shape index (κ1) is 22.0. The lowest BCUT2D eigenvalue weighted by Crippen LogP contribution is -2.38. The lowest BCUT2D eigenvalue weighted by molar-refractivity contribution is 0.102. The number of carbonyl (C=O) groups excluding carboxylic acids is 1. The highest BCUT2D eigenvalue weighted by molar-refractivity contribution is 6.07. The summed E-state index contributed by atoms with van der Waals surface area (Å²) in [7, 11) is 1.82. The summed E-state index contributed by atoms with van der Waals surface area (Å²) in [5.74, 6) is -0.604. The number of benzene rings is 1. The van der Waals surface area contributed by atoms with Crippen LogP contribution in [0.5, 0.6) is 0 Å². The molecule has 3 N–H and O–H groups in total. The molecule has 0 bridgehead atoms. The van der Waals surface area contributed by atoms with Gasteiger partial charge in [0.05, 0.1) is 18.0 Å². The van der Waals surface area contributed by atoms with Gasteiger partial charge in [-0.25, -0.2) is 14.4 Å². The topological polar surface area (TPSA) is 98.8 Å². The van der Waals surface area contributed by atoms with Crippen molar-refractivity contribution in [3.63, 3.8) is 0 Å². The van der Waals surface area contributed by atoms with Crippen molar-refractivity contribution in [3.05, 3.63) is 77.0 Å². The second-order valence-corrected chi connectivity index (χ2v) is 9.30. The quantitative estimate of drug-likeness (QED) is 0.420. The van der Waals surface area contributed by atoms with Crippen LogP contribution in [0.2, 0.25) is 0 Å². The summed E-state index contributed by atoms with van der Waals surface area (Å²) >= 11 is 0. The number of nitrogens with zero attached hydrogens (tertiary/aromatic N) is 4. The zero-order valence-corrected chi connectivity index (χ0v) is 19.3. The van der Waals surface area contributed by atoms with Gasteiger partial charge in [0.1, 0.15) is 11.6 Å². The van der Waals surface area contributed by atoms with Gasteiger partial charge in [-0.2, -0.15) is 5.10 Å². The van der Waals surface area contributed by atoms with E-state index >= 15 is 0 Å². The van der Waals surface area contributed by atoms with E-state index < -0.39 is 11.7 Å². The standard InChI is InChI=1S/C25H26FN7O/c1-25(2)14-27-10-16-8-18(4-5-21(16)25)31-24(34)19-9-17(26)11-29-23(19)33(3)13-15-6-7-28-22-20(15)12-30-32-22/h4-9,11-12,27H,10,13-14H2,1-3H3,(H,31,34)(H,28,30,32). The molecule has 34 heavy (non-hydrogen) atoms. The first-order chi connectivity index (χ1) is 16.3. The van der Waals surface area contributed by atoms with Crippen molar-refractivity contribution in [3.8, 4) is 0 Å². The largest absolute Gasteiger partial charge is 0.355 e. The van der Waals surface area contributed by atoms with Crippen LogP contribution in [-0.2, 0) is 18.5 Å². The highest BCUT2D eigenvalue weighted by Crippen LogP contribution is 2.31. The molecule has 8 nitrogen and oxygen atoms in total. The third kappa shape index (κ3) is 4.10. The molecule has 0 radical (unpaired) electrons. The lowest BCUT2D eigenvalue weighted by atomic mass is 9.79. The monoisotopic (exact) mass is 459 g/mol. The number of carbonyl (C=O) groups is 1. The Morgan fingerprint density at radius 3 is 2.91 bits per heavy atom. The molecule has 1 aliphatic rings. The van der Waals surface area contributed by atoms with Crippen molar-refractivity contribution in [2.75, 3.05) is 23.8 Å². The first-order valence-corrected chi connectivity index (χ1v) is 11.1. The maximum atomic E-state index is 14.1. The van der Waals surface area contributed by atoms with Crippen molar-refractivity contribution in [1.29, 1.82) is 0 Å². The van der Waals surface area contributed by atoms with Gasteiger partial charge >= 0.3 is 0 Å². The van der Waals surface area contributed by atoms with Gasteiger partial charge in [-0.15, -0.1) is 0 Å². The summed E-state index contributed by atoms with van der Waals surface area (Å²) in [6.45, 7) is 6.47. The van der Waals surface area contributed by atoms with E-state index in [1.54, 1.807) is 12.4 Å². The average Bonchev–Trinajstić information content (AvgIpc) is 3.28. The minimum absolute atomic E-state index is 0.0197. The van der Waals surface area contributed by atoms with Gasteiger partial charge in [-0.3, -0.25) is 9.89 Å². The molecule has 1 aromatic carbocycles. The Balaban J connectivity index is 1.41. The van der Waals surface area contributed by atoms with Gasteiger partial charge in [0.15, 0.2) is 5.65 Å². The van der Waals surface area contributed by atoms with Crippen molar-refractivity contribution >= 4 is 28.4 Å². The highest BCUT2D eigenvalue weighted by atomic mass is 19.1. The molecular formula is C25H26FN7O. The number of fused-ring (bicyclic) bond motifs is 2. The molecular weight excluding hydrogens is 433 g/mol. The number of aromatic amines is 1. The predicted octanol–water partition coefficient (Wildman–Crippen LogP) is 3.76. The molecule has 0 saturated carbocycles. The van der Waals surface area contributed by atoms with Crippen molar-refractivity contribution in [2.45, 2.75) is 32.4 Å². The Morgan fingerprint density at radius 2 is 2.06 bits per heavy atom. The fourth-order valence-electron chi connectivity index (χ4n) is 4.56. The van der Waals surface area contributed by atoms with E-state index in [-0.39, 0.29) is 11.0 Å². The number of rotatable bonds is 5. The second kappa shape index (κ2) is 8.49. The number of hydrogen-bond donors (Lipinski definition) is 3. The van der Waals surface area contributed by atoms with E-state index in [9.17, 15) is 9.18 Å². The molecule has 174 valence electrons. The number of halogens is 1. The Labute approximate surface area is 196 Å². The van der Waals surface area contributed by atoms with Crippen LogP contribution >= 0.6 is 0 Å². The number of aromatic nitrogens is 4. The summed E-state index contributed by atoms with van der Waals surface area (Å²) in [6, 6.07) is 9.04. The Kier molecular flexibility index (Phi) is 5.49. The maximum absolute atomic E-state index is 14.1. The molecule has 0 atom stereocenters. The molecule has 9 heteroatoms. The van der Waals surface area contributed by atoms with Gasteiger partial charge in [-0.1, -0.05) is 19.9 Å². The molecule has 4 aromatic rings. The number of pyridine rings is 2. The molecule has 1 amide bonds. The molecule has 0 spiro atoms. The number of nitrogens with one attached hydrogen (secondary N) is 3. The minimum Gasteiger partial charge on any atom is -0.355 e. The molecule has 0 aliphatic carbocycles. The summed E-state index contributed by atoms with van der Waals surface area (Å²) < 4.78 is 14.1. The van der Waals surface area contributed by atoms with E-state index in [1.165, 1.54) is 11.6 Å². The van der Waals surface area contributed by atoms with Crippen molar-refractivity contribution < 1.29 is 9.18 Å². The van der Waals surface area contributed by atoms with Crippen LogP contribution in [0.3, 0.4) is 0 Å². The number of anilines is 2. The third-order valence-electron chi connectivity index (χ3n) is 6.27. The van der Waals surface area contributed by atoms with E-state index in [4.69, 9.17) is 0 Å².